The third-order valence-electron chi connectivity index (χ3n) is 3.92. The molecule has 0 aliphatic heterocycles. The van der Waals surface area contributed by atoms with Gasteiger partial charge in [-0.2, -0.15) is 5.10 Å². The van der Waals surface area contributed by atoms with E-state index in [1.54, 1.807) is 10.7 Å². The van der Waals surface area contributed by atoms with Crippen molar-refractivity contribution in [3.05, 3.63) is 66.1 Å². The van der Waals surface area contributed by atoms with E-state index in [0.717, 1.165) is 23.5 Å². The Bertz CT molecular complexity index is 962. The van der Waals surface area contributed by atoms with Crippen molar-refractivity contribution >= 4 is 17.5 Å². The zero-order valence-corrected chi connectivity index (χ0v) is 15.3. The SMILES string of the molecule is CC(C)(C)c1cc(NC(=O)Nc2cc(O)ccc2F)n(-c2ccccc2)n1. The van der Waals surface area contributed by atoms with E-state index in [0.29, 0.717) is 5.82 Å². The number of rotatable bonds is 3. The molecule has 0 radical (unpaired) electrons. The summed E-state index contributed by atoms with van der Waals surface area (Å²) in [6.07, 6.45) is 0. The first-order chi connectivity index (χ1) is 12.7. The zero-order valence-electron chi connectivity index (χ0n) is 15.3. The van der Waals surface area contributed by atoms with Crippen molar-refractivity contribution in [2.45, 2.75) is 26.2 Å². The van der Waals surface area contributed by atoms with Crippen LogP contribution in [0.1, 0.15) is 26.5 Å². The number of urea groups is 1. The molecule has 0 fully saturated rings. The molecule has 0 bridgehead atoms. The van der Waals surface area contributed by atoms with Crippen molar-refractivity contribution in [2.24, 2.45) is 0 Å². The van der Waals surface area contributed by atoms with Crippen molar-refractivity contribution in [2.75, 3.05) is 10.6 Å². The Morgan fingerprint density at radius 2 is 1.78 bits per heavy atom. The van der Waals surface area contributed by atoms with Gasteiger partial charge in [-0.15, -0.1) is 0 Å². The Morgan fingerprint density at radius 1 is 1.07 bits per heavy atom. The third kappa shape index (κ3) is 4.25. The molecule has 7 heteroatoms. The Balaban J connectivity index is 1.90. The number of hydrogen-bond acceptors (Lipinski definition) is 3. The monoisotopic (exact) mass is 368 g/mol. The molecule has 0 atom stereocenters. The topological polar surface area (TPSA) is 79.2 Å². The van der Waals surface area contributed by atoms with Gasteiger partial charge in [-0.05, 0) is 24.3 Å². The lowest BCUT2D eigenvalue weighted by molar-refractivity contribution is 0.262. The van der Waals surface area contributed by atoms with Gasteiger partial charge in [-0.25, -0.2) is 13.9 Å². The Hall–Kier alpha value is -3.35. The summed E-state index contributed by atoms with van der Waals surface area (Å²) in [6.45, 7) is 6.07. The number of amides is 2. The molecule has 0 saturated carbocycles. The summed E-state index contributed by atoms with van der Waals surface area (Å²) < 4.78 is 15.4. The average molecular weight is 368 g/mol. The first kappa shape index (κ1) is 18.4. The minimum absolute atomic E-state index is 0.116. The van der Waals surface area contributed by atoms with E-state index < -0.39 is 11.8 Å². The number of aromatic hydroxyl groups is 1. The van der Waals surface area contributed by atoms with Gasteiger partial charge in [0.05, 0.1) is 17.1 Å². The Kier molecular flexibility index (Phi) is 4.85. The van der Waals surface area contributed by atoms with Gasteiger partial charge in [0.25, 0.3) is 0 Å². The molecule has 0 spiro atoms. The summed E-state index contributed by atoms with van der Waals surface area (Å²) >= 11 is 0. The molecule has 1 heterocycles. The van der Waals surface area contributed by atoms with Crippen molar-refractivity contribution in [3.63, 3.8) is 0 Å². The quantitative estimate of drug-likeness (QED) is 0.629. The smallest absolute Gasteiger partial charge is 0.324 e. The van der Waals surface area contributed by atoms with Gasteiger partial charge in [-0.3, -0.25) is 5.32 Å². The van der Waals surface area contributed by atoms with Gasteiger partial charge < -0.3 is 10.4 Å². The van der Waals surface area contributed by atoms with E-state index in [4.69, 9.17) is 0 Å². The molecule has 140 valence electrons. The number of hydrogen-bond donors (Lipinski definition) is 3. The average Bonchev–Trinajstić information content (AvgIpc) is 3.03. The van der Waals surface area contributed by atoms with Crippen molar-refractivity contribution < 1.29 is 14.3 Å². The van der Waals surface area contributed by atoms with Crippen LogP contribution in [-0.2, 0) is 5.41 Å². The number of phenols is 1. The fourth-order valence-electron chi connectivity index (χ4n) is 2.48. The molecule has 2 aromatic carbocycles. The summed E-state index contributed by atoms with van der Waals surface area (Å²) in [5.74, 6) is -0.338. The number of nitrogens with zero attached hydrogens (tertiary/aromatic N) is 2. The van der Waals surface area contributed by atoms with Crippen LogP contribution in [0.4, 0.5) is 20.7 Å². The standard InChI is InChI=1S/C20H21FN4O2/c1-20(2,3)17-12-18(25(24-17)13-7-5-4-6-8-13)23-19(27)22-16-11-14(26)9-10-15(16)21/h4-12,26H,1-3H3,(H2,22,23,27). The molecular formula is C20H21FN4O2. The zero-order chi connectivity index (χ0) is 19.6. The van der Waals surface area contributed by atoms with Crippen LogP contribution < -0.4 is 10.6 Å². The van der Waals surface area contributed by atoms with Crippen LogP contribution >= 0.6 is 0 Å². The van der Waals surface area contributed by atoms with Gasteiger partial charge in [0, 0.05) is 17.5 Å². The third-order valence-corrected chi connectivity index (χ3v) is 3.92. The number of carbonyl (C=O) groups is 1. The number of nitrogens with one attached hydrogen (secondary N) is 2. The second-order valence-electron chi connectivity index (χ2n) is 7.16. The molecule has 2 amide bonds. The molecule has 3 aromatic rings. The number of halogens is 1. The Labute approximate surface area is 156 Å². The van der Waals surface area contributed by atoms with Crippen molar-refractivity contribution in [3.8, 4) is 11.4 Å². The maximum Gasteiger partial charge on any atom is 0.324 e. The number of benzene rings is 2. The lowest BCUT2D eigenvalue weighted by Gasteiger charge is -2.14. The maximum atomic E-state index is 13.8. The second kappa shape index (κ2) is 7.11. The summed E-state index contributed by atoms with van der Waals surface area (Å²) in [6, 6.07) is 14.0. The van der Waals surface area contributed by atoms with Crippen LogP contribution in [0.25, 0.3) is 5.69 Å². The van der Waals surface area contributed by atoms with Gasteiger partial charge in [0.2, 0.25) is 0 Å². The highest BCUT2D eigenvalue weighted by molar-refractivity contribution is 5.99. The predicted octanol–water partition coefficient (Wildman–Crippen LogP) is 4.66. The molecule has 0 aliphatic carbocycles. The van der Waals surface area contributed by atoms with E-state index in [1.165, 1.54) is 6.07 Å². The molecule has 3 rings (SSSR count). The molecular weight excluding hydrogens is 347 g/mol. The van der Waals surface area contributed by atoms with E-state index in [2.05, 4.69) is 15.7 Å². The predicted molar refractivity (Wildman–Crippen MR) is 103 cm³/mol. The first-order valence-electron chi connectivity index (χ1n) is 8.46. The van der Waals surface area contributed by atoms with Crippen LogP contribution in [0.2, 0.25) is 0 Å². The number of anilines is 2. The molecule has 6 nitrogen and oxygen atoms in total. The lowest BCUT2D eigenvalue weighted by atomic mass is 9.92. The molecule has 3 N–H and O–H groups in total. The Morgan fingerprint density at radius 3 is 2.44 bits per heavy atom. The van der Waals surface area contributed by atoms with Crippen LogP contribution in [0.5, 0.6) is 5.75 Å². The van der Waals surface area contributed by atoms with E-state index >= 15 is 0 Å². The van der Waals surface area contributed by atoms with Crippen molar-refractivity contribution in [1.82, 2.24) is 9.78 Å². The summed E-state index contributed by atoms with van der Waals surface area (Å²) in [4.78, 5) is 12.4. The summed E-state index contributed by atoms with van der Waals surface area (Å²) in [5, 5.41) is 19.2. The lowest BCUT2D eigenvalue weighted by Crippen LogP contribution is -2.21. The molecule has 1 aromatic heterocycles. The highest BCUT2D eigenvalue weighted by atomic mass is 19.1. The van der Waals surface area contributed by atoms with E-state index in [9.17, 15) is 14.3 Å². The fourth-order valence-corrected chi connectivity index (χ4v) is 2.48. The largest absolute Gasteiger partial charge is 0.508 e. The minimum Gasteiger partial charge on any atom is -0.508 e. The molecule has 27 heavy (non-hydrogen) atoms. The highest BCUT2D eigenvalue weighted by Crippen LogP contribution is 2.27. The maximum absolute atomic E-state index is 13.8. The van der Waals surface area contributed by atoms with Gasteiger partial charge >= 0.3 is 6.03 Å². The number of aromatic nitrogens is 2. The number of carbonyl (C=O) groups excluding carboxylic acids is 1. The van der Waals surface area contributed by atoms with Crippen LogP contribution in [-0.4, -0.2) is 20.9 Å². The van der Waals surface area contributed by atoms with Crippen LogP contribution in [0, 0.1) is 5.82 Å². The minimum atomic E-state index is -0.644. The second-order valence-corrected chi connectivity index (χ2v) is 7.16. The van der Waals surface area contributed by atoms with E-state index in [-0.39, 0.29) is 16.9 Å². The number of para-hydroxylation sites is 1. The molecule has 0 aliphatic rings. The summed E-state index contributed by atoms with van der Waals surface area (Å²) in [7, 11) is 0. The summed E-state index contributed by atoms with van der Waals surface area (Å²) in [5.41, 5.74) is 1.25. The normalized spacial score (nSPS) is 11.3. The van der Waals surface area contributed by atoms with Gasteiger partial charge in [-0.1, -0.05) is 39.0 Å². The van der Waals surface area contributed by atoms with Gasteiger partial charge in [0.1, 0.15) is 17.4 Å². The van der Waals surface area contributed by atoms with Crippen molar-refractivity contribution in [1.29, 1.82) is 0 Å². The van der Waals surface area contributed by atoms with Crippen LogP contribution in [0.3, 0.4) is 0 Å². The fraction of sp³-hybridized carbons (Fsp3) is 0.200. The molecule has 0 saturated heterocycles. The first-order valence-corrected chi connectivity index (χ1v) is 8.46. The highest BCUT2D eigenvalue weighted by Gasteiger charge is 2.21. The number of phenolic OH excluding ortho intramolecular Hbond substituents is 1. The van der Waals surface area contributed by atoms with Gasteiger partial charge in [0.15, 0.2) is 0 Å². The van der Waals surface area contributed by atoms with Crippen LogP contribution in [0.15, 0.2) is 54.6 Å². The molecule has 0 unspecified atom stereocenters. The van der Waals surface area contributed by atoms with E-state index in [1.807, 2.05) is 51.1 Å².